The van der Waals surface area contributed by atoms with E-state index < -0.39 is 21.8 Å². The van der Waals surface area contributed by atoms with Crippen molar-refractivity contribution < 1.29 is 22.7 Å². The van der Waals surface area contributed by atoms with Crippen LogP contribution in [-0.4, -0.2) is 26.8 Å². The quantitative estimate of drug-likeness (QED) is 0.471. The van der Waals surface area contributed by atoms with E-state index in [4.69, 9.17) is 10.5 Å². The molecule has 0 aliphatic carbocycles. The number of ether oxygens (including phenoxy) is 1. The molecule has 0 fully saturated rings. The van der Waals surface area contributed by atoms with Crippen LogP contribution in [0.15, 0.2) is 83.8 Å². The van der Waals surface area contributed by atoms with E-state index in [-0.39, 0.29) is 17.0 Å². The monoisotopic (exact) mass is 439 g/mol. The van der Waals surface area contributed by atoms with Crippen molar-refractivity contribution in [2.24, 2.45) is 5.73 Å². The molecular formula is C22H21N3O5S. The first kappa shape index (κ1) is 21.8. The summed E-state index contributed by atoms with van der Waals surface area (Å²) in [5, 5.41) is 2.31. The van der Waals surface area contributed by atoms with Gasteiger partial charge in [-0.25, -0.2) is 8.42 Å². The maximum absolute atomic E-state index is 12.7. The standard InChI is InChI=1S/C22H21N3O5S/c23-21(26)14-24-22(27)17-7-4-8-20(13-17)31(28,29)25-18-9-11-19(12-10-18)30-15-16-5-2-1-3-6-16/h1-13,25H,14-15H2,(H2,23,26)(H,24,27). The first-order chi connectivity index (χ1) is 14.8. The van der Waals surface area contributed by atoms with Gasteiger partial charge in [0.2, 0.25) is 5.91 Å². The van der Waals surface area contributed by atoms with Crippen molar-refractivity contribution in [3.05, 3.63) is 90.0 Å². The number of carbonyl (C=O) groups excluding carboxylic acids is 2. The Hall–Kier alpha value is -3.85. The van der Waals surface area contributed by atoms with Gasteiger partial charge in [-0.15, -0.1) is 0 Å². The molecule has 0 bridgehead atoms. The van der Waals surface area contributed by atoms with Crippen LogP contribution in [0.3, 0.4) is 0 Å². The van der Waals surface area contributed by atoms with E-state index >= 15 is 0 Å². The number of sulfonamides is 1. The summed E-state index contributed by atoms with van der Waals surface area (Å²) in [6.45, 7) is 0.0588. The number of benzene rings is 3. The van der Waals surface area contributed by atoms with Crippen LogP contribution in [0.1, 0.15) is 15.9 Å². The zero-order valence-corrected chi connectivity index (χ0v) is 17.3. The molecule has 0 heterocycles. The molecule has 0 radical (unpaired) electrons. The first-order valence-electron chi connectivity index (χ1n) is 9.30. The van der Waals surface area contributed by atoms with Crippen LogP contribution in [-0.2, 0) is 21.4 Å². The third-order valence-electron chi connectivity index (χ3n) is 4.18. The average Bonchev–Trinajstić information content (AvgIpc) is 2.77. The van der Waals surface area contributed by atoms with Crippen molar-refractivity contribution in [3.63, 3.8) is 0 Å². The maximum Gasteiger partial charge on any atom is 0.261 e. The van der Waals surface area contributed by atoms with Crippen LogP contribution < -0.4 is 20.5 Å². The van der Waals surface area contributed by atoms with Gasteiger partial charge in [0.05, 0.1) is 11.4 Å². The van der Waals surface area contributed by atoms with Gasteiger partial charge in [0.25, 0.3) is 15.9 Å². The maximum atomic E-state index is 12.7. The lowest BCUT2D eigenvalue weighted by molar-refractivity contribution is -0.117. The van der Waals surface area contributed by atoms with Gasteiger partial charge in [0.15, 0.2) is 0 Å². The number of amides is 2. The zero-order valence-electron chi connectivity index (χ0n) is 16.4. The molecule has 4 N–H and O–H groups in total. The van der Waals surface area contributed by atoms with Gasteiger partial charge in [-0.3, -0.25) is 14.3 Å². The topological polar surface area (TPSA) is 128 Å². The molecule has 8 nitrogen and oxygen atoms in total. The Morgan fingerprint density at radius 1 is 0.903 bits per heavy atom. The fourth-order valence-corrected chi connectivity index (χ4v) is 3.75. The summed E-state index contributed by atoms with van der Waals surface area (Å²) >= 11 is 0. The van der Waals surface area contributed by atoms with Gasteiger partial charge in [-0.1, -0.05) is 36.4 Å². The molecule has 9 heteroatoms. The highest BCUT2D eigenvalue weighted by Gasteiger charge is 2.17. The summed E-state index contributed by atoms with van der Waals surface area (Å²) in [5.41, 5.74) is 6.45. The summed E-state index contributed by atoms with van der Waals surface area (Å²) in [6.07, 6.45) is 0. The molecule has 0 unspecified atom stereocenters. The third kappa shape index (κ3) is 6.31. The lowest BCUT2D eigenvalue weighted by Gasteiger charge is -2.11. The molecule has 3 aromatic rings. The molecule has 0 aliphatic rings. The van der Waals surface area contributed by atoms with E-state index in [1.807, 2.05) is 30.3 Å². The van der Waals surface area contributed by atoms with Crippen LogP contribution in [0.5, 0.6) is 5.75 Å². The van der Waals surface area contributed by atoms with Crippen LogP contribution in [0.25, 0.3) is 0 Å². The largest absolute Gasteiger partial charge is 0.489 e. The molecule has 160 valence electrons. The van der Waals surface area contributed by atoms with E-state index in [9.17, 15) is 18.0 Å². The fraction of sp³-hybridized carbons (Fsp3) is 0.0909. The van der Waals surface area contributed by atoms with E-state index in [1.165, 1.54) is 24.3 Å². The molecule has 3 rings (SSSR count). The molecule has 0 aromatic heterocycles. The second kappa shape index (κ2) is 9.77. The van der Waals surface area contributed by atoms with Crippen molar-refractivity contribution in [1.29, 1.82) is 0 Å². The van der Waals surface area contributed by atoms with Crippen LogP contribution in [0.2, 0.25) is 0 Å². The normalized spacial score (nSPS) is 10.8. The Bertz CT molecular complexity index is 1160. The Labute approximate surface area is 180 Å². The Balaban J connectivity index is 1.65. The van der Waals surface area contributed by atoms with Crippen LogP contribution in [0, 0.1) is 0 Å². The van der Waals surface area contributed by atoms with Gasteiger partial charge >= 0.3 is 0 Å². The summed E-state index contributed by atoms with van der Waals surface area (Å²) < 4.78 is 33.5. The number of primary amides is 1. The highest BCUT2D eigenvalue weighted by molar-refractivity contribution is 7.92. The van der Waals surface area contributed by atoms with E-state index in [0.717, 1.165) is 5.56 Å². The van der Waals surface area contributed by atoms with Crippen molar-refractivity contribution in [3.8, 4) is 5.75 Å². The van der Waals surface area contributed by atoms with E-state index in [0.29, 0.717) is 18.0 Å². The van der Waals surface area contributed by atoms with Gasteiger partial charge in [-0.2, -0.15) is 0 Å². The van der Waals surface area contributed by atoms with Crippen LogP contribution >= 0.6 is 0 Å². The van der Waals surface area contributed by atoms with Crippen LogP contribution in [0.4, 0.5) is 5.69 Å². The SMILES string of the molecule is NC(=O)CNC(=O)c1cccc(S(=O)(=O)Nc2ccc(OCc3ccccc3)cc2)c1. The first-order valence-corrected chi connectivity index (χ1v) is 10.8. The van der Waals surface area contributed by atoms with Crippen molar-refractivity contribution in [2.45, 2.75) is 11.5 Å². The fourth-order valence-electron chi connectivity index (χ4n) is 2.65. The number of anilines is 1. The average molecular weight is 439 g/mol. The van der Waals surface area contributed by atoms with Gasteiger partial charge in [0, 0.05) is 11.3 Å². The number of hydrogen-bond acceptors (Lipinski definition) is 5. The lowest BCUT2D eigenvalue weighted by Crippen LogP contribution is -2.33. The van der Waals surface area contributed by atoms with Crippen molar-refractivity contribution in [1.82, 2.24) is 5.32 Å². The minimum absolute atomic E-state index is 0.0915. The molecular weight excluding hydrogens is 418 g/mol. The summed E-state index contributed by atoms with van der Waals surface area (Å²) in [5.74, 6) is -0.703. The third-order valence-corrected chi connectivity index (χ3v) is 5.56. The Kier molecular flexibility index (Phi) is 6.88. The minimum Gasteiger partial charge on any atom is -0.489 e. The molecule has 0 saturated heterocycles. The second-order valence-corrected chi connectivity index (χ2v) is 8.26. The number of rotatable bonds is 9. The predicted molar refractivity (Wildman–Crippen MR) is 116 cm³/mol. The smallest absolute Gasteiger partial charge is 0.261 e. The van der Waals surface area contributed by atoms with E-state index in [1.54, 1.807) is 24.3 Å². The van der Waals surface area contributed by atoms with Gasteiger partial charge in [-0.05, 0) is 48.0 Å². The van der Waals surface area contributed by atoms with Crippen molar-refractivity contribution >= 4 is 27.5 Å². The highest BCUT2D eigenvalue weighted by atomic mass is 32.2. The number of carbonyl (C=O) groups is 2. The molecule has 31 heavy (non-hydrogen) atoms. The molecule has 0 saturated carbocycles. The Morgan fingerprint density at radius 3 is 2.29 bits per heavy atom. The summed E-state index contributed by atoms with van der Waals surface area (Å²) in [7, 11) is -3.93. The second-order valence-electron chi connectivity index (χ2n) is 6.58. The Morgan fingerprint density at radius 2 is 1.61 bits per heavy atom. The minimum atomic E-state index is -3.93. The number of nitrogens with one attached hydrogen (secondary N) is 2. The molecule has 2 amide bonds. The van der Waals surface area contributed by atoms with Gasteiger partial charge < -0.3 is 15.8 Å². The molecule has 0 spiro atoms. The predicted octanol–water partition coefficient (Wildman–Crippen LogP) is 2.28. The number of hydrogen-bond donors (Lipinski definition) is 3. The van der Waals surface area contributed by atoms with Gasteiger partial charge in [0.1, 0.15) is 12.4 Å². The zero-order chi connectivity index (χ0) is 22.3. The van der Waals surface area contributed by atoms with E-state index in [2.05, 4.69) is 10.0 Å². The lowest BCUT2D eigenvalue weighted by atomic mass is 10.2. The summed E-state index contributed by atoms with van der Waals surface area (Å²) in [6, 6.07) is 21.6. The molecule has 0 atom stereocenters. The summed E-state index contributed by atoms with van der Waals surface area (Å²) in [4.78, 5) is 22.7. The van der Waals surface area contributed by atoms with Crippen molar-refractivity contribution in [2.75, 3.05) is 11.3 Å². The highest BCUT2D eigenvalue weighted by Crippen LogP contribution is 2.21. The molecule has 0 aliphatic heterocycles. The molecule has 3 aromatic carbocycles. The number of nitrogens with two attached hydrogens (primary N) is 1.